The number of benzene rings is 2. The summed E-state index contributed by atoms with van der Waals surface area (Å²) in [4.78, 5) is 33.8. The highest BCUT2D eigenvalue weighted by Crippen LogP contribution is 2.50. The Morgan fingerprint density at radius 2 is 1.73 bits per heavy atom. The molecule has 9 nitrogen and oxygen atoms in total. The van der Waals surface area contributed by atoms with Crippen molar-refractivity contribution >= 4 is 40.7 Å². The fraction of sp³-hybridized carbons (Fsp3) is 0.484. The van der Waals surface area contributed by atoms with Crippen LogP contribution in [0.5, 0.6) is 0 Å². The van der Waals surface area contributed by atoms with Gasteiger partial charge in [-0.05, 0) is 79.8 Å². The second kappa shape index (κ2) is 12.7. The van der Waals surface area contributed by atoms with E-state index in [2.05, 4.69) is 46.7 Å². The fourth-order valence-electron chi connectivity index (χ4n) is 6.07. The monoisotopic (exact) mass is 663 g/mol. The minimum atomic E-state index is -4.33. The van der Waals surface area contributed by atoms with Crippen LogP contribution in [0.25, 0.3) is 0 Å². The predicted octanol–water partition coefficient (Wildman–Crippen LogP) is 7.08. The van der Waals surface area contributed by atoms with Crippen LogP contribution in [-0.4, -0.2) is 54.9 Å². The number of aliphatic imine (C=N–C) groups is 1. The highest BCUT2D eigenvalue weighted by molar-refractivity contribution is 6.47. The molecule has 1 spiro atoms. The maximum Gasteiger partial charge on any atom is 0.391 e. The molecular formula is C31H34Cl2F3N7O2. The van der Waals surface area contributed by atoms with E-state index in [-0.39, 0.29) is 55.2 Å². The zero-order valence-corrected chi connectivity index (χ0v) is 26.6. The third-order valence-electron chi connectivity index (χ3n) is 8.41. The van der Waals surface area contributed by atoms with Crippen LogP contribution in [0.2, 0.25) is 10.0 Å². The molecule has 14 heteroatoms. The Bertz CT molecular complexity index is 1540. The average molecular weight is 665 g/mol. The van der Waals surface area contributed by atoms with Gasteiger partial charge in [0.15, 0.2) is 5.82 Å². The smallest absolute Gasteiger partial charge is 0.345 e. The molecule has 1 saturated carbocycles. The van der Waals surface area contributed by atoms with E-state index in [9.17, 15) is 22.8 Å². The Balaban J connectivity index is 1.51. The van der Waals surface area contributed by atoms with Crippen LogP contribution < -0.4 is 5.32 Å². The number of carbonyl (C=O) groups excluding carboxylic acids is 2. The SMILES string of the molecule is CC(C)(C)CC[C@H](c1ccc(C(=O)NCc2nn[nH]n2)cc1)N1C(=O)C(c2cc(Cl)cc(Cl)c2)=NC12CCC(C(F)(F)F)CC2. The summed E-state index contributed by atoms with van der Waals surface area (Å²) in [5.74, 6) is -1.87. The molecule has 240 valence electrons. The van der Waals surface area contributed by atoms with Crippen molar-refractivity contribution in [2.75, 3.05) is 0 Å². The molecule has 45 heavy (non-hydrogen) atoms. The lowest BCUT2D eigenvalue weighted by Crippen LogP contribution is -2.51. The zero-order chi connectivity index (χ0) is 32.6. The second-order valence-electron chi connectivity index (χ2n) is 12.8. The first-order valence-electron chi connectivity index (χ1n) is 14.7. The van der Waals surface area contributed by atoms with E-state index in [1.807, 2.05) is 0 Å². The molecule has 3 aromatic rings. The molecular weight excluding hydrogens is 630 g/mol. The molecule has 1 fully saturated rings. The largest absolute Gasteiger partial charge is 0.391 e. The number of H-pyrrole nitrogens is 1. The van der Waals surface area contributed by atoms with Crippen molar-refractivity contribution in [2.24, 2.45) is 16.3 Å². The second-order valence-corrected chi connectivity index (χ2v) is 13.7. The molecule has 0 radical (unpaired) electrons. The first-order valence-corrected chi connectivity index (χ1v) is 15.5. The Morgan fingerprint density at radius 1 is 1.09 bits per heavy atom. The van der Waals surface area contributed by atoms with Crippen LogP contribution in [0.15, 0.2) is 47.5 Å². The van der Waals surface area contributed by atoms with Crippen molar-refractivity contribution in [2.45, 2.75) is 83.7 Å². The van der Waals surface area contributed by atoms with Gasteiger partial charge in [-0.2, -0.15) is 18.4 Å². The van der Waals surface area contributed by atoms with Crippen LogP contribution in [0.3, 0.4) is 0 Å². The first kappa shape index (κ1) is 32.9. The predicted molar refractivity (Wildman–Crippen MR) is 164 cm³/mol. The molecule has 2 aromatic carbocycles. The van der Waals surface area contributed by atoms with Gasteiger partial charge in [-0.15, -0.1) is 10.2 Å². The van der Waals surface area contributed by atoms with Gasteiger partial charge in [-0.3, -0.25) is 14.6 Å². The molecule has 1 atom stereocenters. The summed E-state index contributed by atoms with van der Waals surface area (Å²) in [6, 6.07) is 11.1. The average Bonchev–Trinajstić information content (AvgIpc) is 3.58. The number of hydrogen-bond donors (Lipinski definition) is 2. The van der Waals surface area contributed by atoms with E-state index in [4.69, 9.17) is 28.2 Å². The van der Waals surface area contributed by atoms with Crippen molar-refractivity contribution < 1.29 is 22.8 Å². The Hall–Kier alpha value is -3.51. The number of alkyl halides is 3. The van der Waals surface area contributed by atoms with Crippen LogP contribution >= 0.6 is 23.2 Å². The van der Waals surface area contributed by atoms with Gasteiger partial charge in [0.25, 0.3) is 11.8 Å². The van der Waals surface area contributed by atoms with Crippen LogP contribution in [0, 0.1) is 11.3 Å². The van der Waals surface area contributed by atoms with Gasteiger partial charge in [0.1, 0.15) is 11.4 Å². The standard InChI is InChI=1S/C31H34Cl2F3N7O2/c1-29(2,3)11-10-24(18-4-6-19(7-5-18)27(44)37-17-25-39-41-42-40-25)43-28(45)26(20-14-22(32)16-23(33)15-20)38-30(43)12-8-21(9-13-30)31(34,35)36/h4-7,14-16,21,24H,8-13,17H2,1-3H3,(H,37,44)(H,39,40,41,42)/t21?,24-,30?/m1/s1. The molecule has 2 heterocycles. The summed E-state index contributed by atoms with van der Waals surface area (Å²) in [6.07, 6.45) is -3.26. The van der Waals surface area contributed by atoms with Crippen molar-refractivity contribution in [3.05, 3.63) is 75.0 Å². The van der Waals surface area contributed by atoms with Gasteiger partial charge in [0.2, 0.25) is 0 Å². The lowest BCUT2D eigenvalue weighted by molar-refractivity contribution is -0.189. The first-order chi connectivity index (χ1) is 21.1. The number of aromatic amines is 1. The van der Waals surface area contributed by atoms with Crippen LogP contribution in [0.4, 0.5) is 13.2 Å². The fourth-order valence-corrected chi connectivity index (χ4v) is 6.60. The van der Waals surface area contributed by atoms with E-state index in [0.29, 0.717) is 39.8 Å². The molecule has 0 bridgehead atoms. The summed E-state index contributed by atoms with van der Waals surface area (Å²) < 4.78 is 41.2. The number of nitrogens with zero attached hydrogens (tertiary/aromatic N) is 5. The summed E-state index contributed by atoms with van der Waals surface area (Å²) in [5.41, 5.74) is 0.409. The van der Waals surface area contributed by atoms with Gasteiger partial charge >= 0.3 is 6.18 Å². The number of hydrogen-bond acceptors (Lipinski definition) is 6. The van der Waals surface area contributed by atoms with Gasteiger partial charge in [0, 0.05) is 21.2 Å². The maximum atomic E-state index is 14.4. The van der Waals surface area contributed by atoms with Crippen LogP contribution in [0.1, 0.15) is 92.6 Å². The zero-order valence-electron chi connectivity index (χ0n) is 25.1. The topological polar surface area (TPSA) is 116 Å². The van der Waals surface area contributed by atoms with E-state index in [1.165, 1.54) is 0 Å². The molecule has 1 aromatic heterocycles. The number of amides is 2. The Kier molecular flexibility index (Phi) is 9.28. The highest BCUT2D eigenvalue weighted by Gasteiger charge is 2.55. The third-order valence-corrected chi connectivity index (χ3v) is 8.84. The molecule has 2 aliphatic rings. The quantitative estimate of drug-likeness (QED) is 0.267. The van der Waals surface area contributed by atoms with Gasteiger partial charge in [0.05, 0.1) is 18.5 Å². The summed E-state index contributed by atoms with van der Waals surface area (Å²) in [7, 11) is 0. The summed E-state index contributed by atoms with van der Waals surface area (Å²) in [6.45, 7) is 6.36. The third kappa shape index (κ3) is 7.49. The Labute approximate surface area is 269 Å². The van der Waals surface area contributed by atoms with Crippen molar-refractivity contribution in [3.63, 3.8) is 0 Å². The maximum absolute atomic E-state index is 14.4. The number of nitrogens with one attached hydrogen (secondary N) is 2. The Morgan fingerprint density at radius 3 is 2.29 bits per heavy atom. The molecule has 1 aliphatic heterocycles. The normalized spacial score (nSPS) is 21.2. The van der Waals surface area contributed by atoms with E-state index >= 15 is 0 Å². The summed E-state index contributed by atoms with van der Waals surface area (Å²) >= 11 is 12.6. The molecule has 5 rings (SSSR count). The van der Waals surface area contributed by atoms with Gasteiger partial charge in [-0.1, -0.05) is 61.3 Å². The van der Waals surface area contributed by atoms with Gasteiger partial charge in [-0.25, -0.2) is 0 Å². The minimum absolute atomic E-state index is 0.0588. The van der Waals surface area contributed by atoms with Crippen LogP contribution in [-0.2, 0) is 11.3 Å². The molecule has 1 aliphatic carbocycles. The van der Waals surface area contributed by atoms with E-state index in [1.54, 1.807) is 47.4 Å². The van der Waals surface area contributed by atoms with Crippen molar-refractivity contribution in [3.8, 4) is 0 Å². The number of tetrazole rings is 1. The lowest BCUT2D eigenvalue weighted by atomic mass is 9.79. The number of carbonyl (C=O) groups is 2. The van der Waals surface area contributed by atoms with Gasteiger partial charge < -0.3 is 10.2 Å². The van der Waals surface area contributed by atoms with Crippen molar-refractivity contribution in [1.29, 1.82) is 0 Å². The lowest BCUT2D eigenvalue weighted by Gasteiger charge is -2.46. The molecule has 2 N–H and O–H groups in total. The number of aromatic nitrogens is 4. The summed E-state index contributed by atoms with van der Waals surface area (Å²) in [5, 5.41) is 16.8. The minimum Gasteiger partial charge on any atom is -0.345 e. The number of halogens is 5. The van der Waals surface area contributed by atoms with E-state index in [0.717, 1.165) is 5.56 Å². The molecule has 2 amide bonds. The van der Waals surface area contributed by atoms with E-state index < -0.39 is 23.8 Å². The molecule has 0 unspecified atom stereocenters. The number of rotatable bonds is 8. The van der Waals surface area contributed by atoms with Crippen molar-refractivity contribution in [1.82, 2.24) is 30.8 Å². The highest BCUT2D eigenvalue weighted by atomic mass is 35.5. The molecule has 0 saturated heterocycles.